The van der Waals surface area contributed by atoms with E-state index in [1.54, 1.807) is 30.3 Å². The smallest absolute Gasteiger partial charge is 0.335 e. The third-order valence-corrected chi connectivity index (χ3v) is 5.25. The molecular weight excluding hydrogens is 366 g/mol. The molecule has 0 aliphatic carbocycles. The molecule has 1 fully saturated rings. The Labute approximate surface area is 173 Å². The number of aromatic carboxylic acids is 1. The summed E-state index contributed by atoms with van der Waals surface area (Å²) in [7, 11) is 0. The van der Waals surface area contributed by atoms with E-state index in [0.29, 0.717) is 25.8 Å². The topological polar surface area (TPSA) is 77.8 Å². The first-order valence-electron chi connectivity index (χ1n) is 10.4. The van der Waals surface area contributed by atoms with Crippen molar-refractivity contribution in [2.75, 3.05) is 6.54 Å². The van der Waals surface area contributed by atoms with Crippen LogP contribution in [0, 0.1) is 17.8 Å². The van der Waals surface area contributed by atoms with Gasteiger partial charge >= 0.3 is 5.97 Å². The Kier molecular flexibility index (Phi) is 8.95. The van der Waals surface area contributed by atoms with E-state index in [2.05, 4.69) is 18.8 Å². The number of likely N-dealkylation sites (tertiary alicyclic amines) is 1. The van der Waals surface area contributed by atoms with E-state index in [1.807, 2.05) is 17.9 Å². The highest BCUT2D eigenvalue weighted by atomic mass is 16.4. The zero-order valence-corrected chi connectivity index (χ0v) is 17.3. The molecule has 2 N–H and O–H groups in total. The number of carboxylic acid groups (broad SMARTS) is 1. The molecule has 0 unspecified atom stereocenters. The molecule has 29 heavy (non-hydrogen) atoms. The Morgan fingerprint density at radius 3 is 2.69 bits per heavy atom. The van der Waals surface area contributed by atoms with Gasteiger partial charge in [-0.05, 0) is 42.9 Å². The van der Waals surface area contributed by atoms with E-state index in [0.717, 1.165) is 24.8 Å². The lowest BCUT2D eigenvalue weighted by molar-refractivity contribution is -0.128. The Morgan fingerprint density at radius 1 is 1.31 bits per heavy atom. The van der Waals surface area contributed by atoms with Crippen molar-refractivity contribution in [2.45, 2.75) is 64.5 Å². The molecule has 0 bridgehead atoms. The van der Waals surface area contributed by atoms with E-state index in [1.165, 1.54) is 0 Å². The molecule has 2 rings (SSSR count). The molecule has 1 heterocycles. The molecule has 0 spiro atoms. The van der Waals surface area contributed by atoms with Gasteiger partial charge in [-0.15, -0.1) is 11.8 Å². The summed E-state index contributed by atoms with van der Waals surface area (Å²) >= 11 is 0. The molecule has 1 aliphatic heterocycles. The lowest BCUT2D eigenvalue weighted by Crippen LogP contribution is -2.34. The molecule has 5 heteroatoms. The van der Waals surface area contributed by atoms with Crippen molar-refractivity contribution in [3.05, 3.63) is 47.5 Å². The van der Waals surface area contributed by atoms with Crippen molar-refractivity contribution in [1.82, 2.24) is 4.90 Å². The molecule has 1 aromatic rings. The van der Waals surface area contributed by atoms with Gasteiger partial charge in [0.2, 0.25) is 5.91 Å². The van der Waals surface area contributed by atoms with Gasteiger partial charge in [-0.2, -0.15) is 0 Å². The quantitative estimate of drug-likeness (QED) is 0.492. The minimum absolute atomic E-state index is 0.00572. The van der Waals surface area contributed by atoms with Crippen molar-refractivity contribution in [3.63, 3.8) is 0 Å². The first-order valence-corrected chi connectivity index (χ1v) is 10.4. The van der Waals surface area contributed by atoms with Crippen LogP contribution < -0.4 is 0 Å². The number of carbonyl (C=O) groups is 2. The van der Waals surface area contributed by atoms with Gasteiger partial charge in [0.1, 0.15) is 0 Å². The van der Waals surface area contributed by atoms with Gasteiger partial charge in [-0.3, -0.25) is 4.79 Å². The van der Waals surface area contributed by atoms with Gasteiger partial charge in [0.05, 0.1) is 17.7 Å². The molecule has 1 aromatic carbocycles. The summed E-state index contributed by atoms with van der Waals surface area (Å²) < 4.78 is 0. The maximum atomic E-state index is 12.3. The number of aliphatic hydroxyl groups excluding tert-OH is 1. The van der Waals surface area contributed by atoms with Gasteiger partial charge in [-0.1, -0.05) is 38.1 Å². The van der Waals surface area contributed by atoms with Crippen LogP contribution in [0.15, 0.2) is 36.4 Å². The number of hydrogen-bond acceptors (Lipinski definition) is 3. The highest BCUT2D eigenvalue weighted by Gasteiger charge is 2.28. The van der Waals surface area contributed by atoms with Gasteiger partial charge in [0, 0.05) is 25.8 Å². The summed E-state index contributed by atoms with van der Waals surface area (Å²) in [4.78, 5) is 25.1. The molecule has 1 aliphatic rings. The van der Waals surface area contributed by atoms with E-state index in [4.69, 9.17) is 5.11 Å². The number of aliphatic hydroxyl groups is 1. The monoisotopic (exact) mass is 397 g/mol. The molecule has 0 saturated carbocycles. The number of carboxylic acids is 1. The molecule has 3 atom stereocenters. The fraction of sp³-hybridized carbons (Fsp3) is 0.500. The predicted octanol–water partition coefficient (Wildman–Crippen LogP) is 3.67. The van der Waals surface area contributed by atoms with Crippen LogP contribution >= 0.6 is 0 Å². The summed E-state index contributed by atoms with van der Waals surface area (Å²) in [6.45, 7) is 4.65. The van der Waals surface area contributed by atoms with Crippen LogP contribution in [0.5, 0.6) is 0 Å². The Balaban J connectivity index is 1.89. The molecule has 1 saturated heterocycles. The second kappa shape index (κ2) is 11.4. The Hall–Kier alpha value is -2.58. The van der Waals surface area contributed by atoms with Crippen molar-refractivity contribution in [1.29, 1.82) is 0 Å². The van der Waals surface area contributed by atoms with Gasteiger partial charge in [0.25, 0.3) is 0 Å². The van der Waals surface area contributed by atoms with Crippen LogP contribution in [0.3, 0.4) is 0 Å². The fourth-order valence-corrected chi connectivity index (χ4v) is 3.31. The van der Waals surface area contributed by atoms with Crippen molar-refractivity contribution in [3.8, 4) is 11.8 Å². The maximum Gasteiger partial charge on any atom is 0.335 e. The number of amides is 1. The lowest BCUT2D eigenvalue weighted by atomic mass is 9.99. The molecule has 0 aromatic heterocycles. The van der Waals surface area contributed by atoms with E-state index < -0.39 is 12.1 Å². The number of carbonyl (C=O) groups excluding carboxylic acids is 1. The highest BCUT2D eigenvalue weighted by molar-refractivity contribution is 5.87. The molecule has 0 radical (unpaired) electrons. The van der Waals surface area contributed by atoms with Gasteiger partial charge < -0.3 is 15.1 Å². The summed E-state index contributed by atoms with van der Waals surface area (Å²) in [6.07, 6.45) is 7.69. The van der Waals surface area contributed by atoms with Crippen molar-refractivity contribution < 1.29 is 19.8 Å². The Morgan fingerprint density at radius 2 is 2.03 bits per heavy atom. The first kappa shape index (κ1) is 22.7. The number of rotatable bonds is 9. The number of hydrogen-bond donors (Lipinski definition) is 2. The first-order chi connectivity index (χ1) is 13.9. The minimum Gasteiger partial charge on any atom is -0.478 e. The molecule has 5 nitrogen and oxygen atoms in total. The lowest BCUT2D eigenvalue weighted by Gasteiger charge is -2.23. The average molecular weight is 398 g/mol. The van der Waals surface area contributed by atoms with E-state index >= 15 is 0 Å². The SMILES string of the molecule is CCCC#CC[C@H](C)[C@H](O)C=C[C@H]1CCC(=O)N1CCc1ccc(C(=O)O)cc1. The zero-order chi connectivity index (χ0) is 21.2. The van der Waals surface area contributed by atoms with Crippen LogP contribution in [0.1, 0.15) is 61.9 Å². The largest absolute Gasteiger partial charge is 0.478 e. The van der Waals surface area contributed by atoms with Crippen LogP contribution in [-0.4, -0.2) is 45.7 Å². The fourth-order valence-electron chi connectivity index (χ4n) is 3.31. The summed E-state index contributed by atoms with van der Waals surface area (Å²) in [5, 5.41) is 19.3. The Bertz CT molecular complexity index is 772. The number of nitrogens with zero attached hydrogens (tertiary/aromatic N) is 1. The normalized spacial score (nSPS) is 18.5. The second-order valence-electron chi connectivity index (χ2n) is 7.61. The van der Waals surface area contributed by atoms with Crippen LogP contribution in [0.4, 0.5) is 0 Å². The maximum absolute atomic E-state index is 12.3. The minimum atomic E-state index is -0.944. The van der Waals surface area contributed by atoms with Crippen molar-refractivity contribution in [2.24, 2.45) is 5.92 Å². The molecular formula is C24H31NO4. The van der Waals surface area contributed by atoms with Crippen LogP contribution in [0.2, 0.25) is 0 Å². The van der Waals surface area contributed by atoms with Gasteiger partial charge in [-0.25, -0.2) is 4.79 Å². The van der Waals surface area contributed by atoms with Gasteiger partial charge in [0.15, 0.2) is 0 Å². The zero-order valence-electron chi connectivity index (χ0n) is 17.3. The standard InChI is InChI=1S/C24H31NO4/c1-3-4-5-6-7-18(2)22(26)14-12-21-13-15-23(27)25(21)17-16-19-8-10-20(11-9-19)24(28)29/h8-12,14,18,21-22,26H,3-4,7,13,15-17H2,1-2H3,(H,28,29)/t18-,21-,22+/m0/s1. The van der Waals surface area contributed by atoms with Crippen molar-refractivity contribution >= 4 is 11.9 Å². The highest BCUT2D eigenvalue weighted by Crippen LogP contribution is 2.21. The molecule has 156 valence electrons. The van der Waals surface area contributed by atoms with Crippen LogP contribution in [-0.2, 0) is 11.2 Å². The van der Waals surface area contributed by atoms with E-state index in [9.17, 15) is 14.7 Å². The molecule has 1 amide bonds. The third-order valence-electron chi connectivity index (χ3n) is 5.25. The summed E-state index contributed by atoms with van der Waals surface area (Å²) in [5.41, 5.74) is 1.26. The summed E-state index contributed by atoms with van der Waals surface area (Å²) in [5.74, 6) is 5.44. The third kappa shape index (κ3) is 7.07. The summed E-state index contributed by atoms with van der Waals surface area (Å²) in [6, 6.07) is 6.75. The second-order valence-corrected chi connectivity index (χ2v) is 7.61. The van der Waals surface area contributed by atoms with Crippen LogP contribution in [0.25, 0.3) is 0 Å². The average Bonchev–Trinajstić information content (AvgIpc) is 3.07. The number of benzene rings is 1. The van der Waals surface area contributed by atoms with E-state index in [-0.39, 0.29) is 23.4 Å². The number of unbranched alkanes of at least 4 members (excludes halogenated alkanes) is 1. The predicted molar refractivity (Wildman–Crippen MR) is 113 cm³/mol.